The van der Waals surface area contributed by atoms with Crippen LogP contribution in [0.1, 0.15) is 45.7 Å². The highest BCUT2D eigenvalue weighted by Gasteiger charge is 2.33. The third kappa shape index (κ3) is 5.47. The zero-order valence-electron chi connectivity index (χ0n) is 19.5. The minimum absolute atomic E-state index is 0.0519. The van der Waals surface area contributed by atoms with E-state index in [2.05, 4.69) is 6.07 Å². The number of halogens is 1. The number of amides is 2. The van der Waals surface area contributed by atoms with Gasteiger partial charge in [-0.05, 0) is 67.1 Å². The topological polar surface area (TPSA) is 49.9 Å². The van der Waals surface area contributed by atoms with Gasteiger partial charge in [0.1, 0.15) is 24.7 Å². The van der Waals surface area contributed by atoms with Crippen molar-refractivity contribution in [1.29, 1.82) is 0 Å². The lowest BCUT2D eigenvalue weighted by Gasteiger charge is -2.37. The maximum Gasteiger partial charge on any atom is 0.254 e. The van der Waals surface area contributed by atoms with E-state index in [1.54, 1.807) is 17.4 Å². The van der Waals surface area contributed by atoms with Gasteiger partial charge in [0.2, 0.25) is 5.91 Å². The molecule has 0 bridgehead atoms. The van der Waals surface area contributed by atoms with Gasteiger partial charge in [0.15, 0.2) is 0 Å². The third-order valence-electron chi connectivity index (χ3n) is 6.02. The fourth-order valence-corrected chi connectivity index (χ4v) is 5.19. The quantitative estimate of drug-likeness (QED) is 0.442. The molecule has 34 heavy (non-hydrogen) atoms. The second-order valence-corrected chi connectivity index (χ2v) is 9.51. The van der Waals surface area contributed by atoms with Gasteiger partial charge >= 0.3 is 0 Å². The van der Waals surface area contributed by atoms with E-state index >= 15 is 0 Å². The molecule has 0 aliphatic carbocycles. The predicted octanol–water partition coefficient (Wildman–Crippen LogP) is 5.25. The summed E-state index contributed by atoms with van der Waals surface area (Å²) in [5.74, 6) is -0.180. The predicted molar refractivity (Wildman–Crippen MR) is 132 cm³/mol. The van der Waals surface area contributed by atoms with Gasteiger partial charge in [0, 0.05) is 23.5 Å². The molecule has 2 heterocycles. The van der Waals surface area contributed by atoms with Crippen LogP contribution in [0, 0.1) is 12.7 Å². The minimum Gasteiger partial charge on any atom is -0.491 e. The Morgan fingerprint density at radius 3 is 2.71 bits per heavy atom. The summed E-state index contributed by atoms with van der Waals surface area (Å²) in [5.41, 5.74) is 2.51. The van der Waals surface area contributed by atoms with Crippen LogP contribution in [0.25, 0.3) is 0 Å². The molecular formula is C27H29FN2O3S. The van der Waals surface area contributed by atoms with E-state index in [4.69, 9.17) is 4.74 Å². The molecule has 0 saturated heterocycles. The van der Waals surface area contributed by atoms with Crippen molar-refractivity contribution in [3.05, 3.63) is 87.4 Å². The Hall–Kier alpha value is -3.19. The van der Waals surface area contributed by atoms with Gasteiger partial charge in [-0.25, -0.2) is 4.39 Å². The Morgan fingerprint density at radius 2 is 1.97 bits per heavy atom. The van der Waals surface area contributed by atoms with Gasteiger partial charge in [-0.2, -0.15) is 0 Å². The van der Waals surface area contributed by atoms with Crippen molar-refractivity contribution in [3.8, 4) is 5.75 Å². The molecule has 0 N–H and O–H groups in total. The summed E-state index contributed by atoms with van der Waals surface area (Å²) < 4.78 is 19.8. The molecule has 1 aliphatic rings. The van der Waals surface area contributed by atoms with Crippen molar-refractivity contribution in [1.82, 2.24) is 9.80 Å². The van der Waals surface area contributed by atoms with Gasteiger partial charge in [-0.3, -0.25) is 9.59 Å². The smallest absolute Gasteiger partial charge is 0.254 e. The van der Waals surface area contributed by atoms with Crippen molar-refractivity contribution in [2.24, 2.45) is 0 Å². The van der Waals surface area contributed by atoms with Crippen LogP contribution in [0.4, 0.5) is 4.39 Å². The lowest BCUT2D eigenvalue weighted by molar-refractivity contribution is -0.135. The second-order valence-electron chi connectivity index (χ2n) is 8.51. The van der Waals surface area contributed by atoms with Crippen LogP contribution in [0.3, 0.4) is 0 Å². The standard InChI is InChI=1S/C27H29FN2O3S/c1-3-13-29(27(32)20-5-4-6-21(28)16-20)17-26(31)30-14-11-25-23(12-15-34-25)24(30)18-33-22-9-7-19(2)8-10-22/h4-10,12,15-16,24H,3,11,13-14,17-18H2,1-2H3. The number of benzene rings is 2. The van der Waals surface area contributed by atoms with Crippen molar-refractivity contribution >= 4 is 23.2 Å². The molecule has 2 amide bonds. The Bertz CT molecular complexity index is 1140. The highest BCUT2D eigenvalue weighted by molar-refractivity contribution is 7.10. The Kier molecular flexibility index (Phi) is 7.63. The van der Waals surface area contributed by atoms with Crippen LogP contribution in [0.5, 0.6) is 5.75 Å². The summed E-state index contributed by atoms with van der Waals surface area (Å²) in [4.78, 5) is 31.1. The van der Waals surface area contributed by atoms with Crippen LogP contribution < -0.4 is 4.74 Å². The number of hydrogen-bond acceptors (Lipinski definition) is 4. The molecule has 0 fully saturated rings. The van der Waals surface area contributed by atoms with Crippen molar-refractivity contribution < 1.29 is 18.7 Å². The molecule has 1 atom stereocenters. The number of rotatable bonds is 8. The zero-order chi connectivity index (χ0) is 24.1. The second kappa shape index (κ2) is 10.8. The van der Waals surface area contributed by atoms with Gasteiger partial charge in [0.25, 0.3) is 5.91 Å². The van der Waals surface area contributed by atoms with E-state index in [1.807, 2.05) is 48.4 Å². The monoisotopic (exact) mass is 480 g/mol. The number of carbonyl (C=O) groups is 2. The van der Waals surface area contributed by atoms with E-state index in [0.29, 0.717) is 26.1 Å². The summed E-state index contributed by atoms with van der Waals surface area (Å²) in [6.45, 7) is 5.25. The first-order chi connectivity index (χ1) is 16.5. The molecule has 0 spiro atoms. The number of carbonyl (C=O) groups excluding carboxylic acids is 2. The Morgan fingerprint density at radius 1 is 1.18 bits per heavy atom. The van der Waals surface area contributed by atoms with Crippen LogP contribution >= 0.6 is 11.3 Å². The molecule has 7 heteroatoms. The normalized spacial score (nSPS) is 15.0. The first-order valence-electron chi connectivity index (χ1n) is 11.6. The minimum atomic E-state index is -0.469. The SMILES string of the molecule is CCCN(CC(=O)N1CCc2sccc2C1COc1ccc(C)cc1)C(=O)c1cccc(F)c1. The van der Waals surface area contributed by atoms with Crippen LogP contribution in [-0.4, -0.2) is 47.9 Å². The summed E-state index contributed by atoms with van der Waals surface area (Å²) in [6, 6.07) is 15.3. The Balaban J connectivity index is 1.51. The molecule has 1 unspecified atom stereocenters. The van der Waals surface area contributed by atoms with Gasteiger partial charge in [-0.1, -0.05) is 30.7 Å². The molecule has 5 nitrogen and oxygen atoms in total. The van der Waals surface area contributed by atoms with Crippen LogP contribution in [-0.2, 0) is 11.2 Å². The van der Waals surface area contributed by atoms with E-state index in [1.165, 1.54) is 28.0 Å². The summed E-state index contributed by atoms with van der Waals surface area (Å²) in [5, 5.41) is 2.05. The van der Waals surface area contributed by atoms with E-state index in [0.717, 1.165) is 23.3 Å². The van der Waals surface area contributed by atoms with Gasteiger partial charge in [0.05, 0.1) is 6.04 Å². The average Bonchev–Trinajstić information content (AvgIpc) is 3.32. The molecule has 1 aliphatic heterocycles. The highest BCUT2D eigenvalue weighted by Crippen LogP contribution is 2.34. The molecule has 4 rings (SSSR count). The zero-order valence-corrected chi connectivity index (χ0v) is 20.3. The number of thiophene rings is 1. The number of hydrogen-bond donors (Lipinski definition) is 0. The number of aryl methyl sites for hydroxylation is 1. The average molecular weight is 481 g/mol. The molecule has 2 aromatic carbocycles. The molecule has 1 aromatic heterocycles. The van der Waals surface area contributed by atoms with Crippen molar-refractivity contribution in [3.63, 3.8) is 0 Å². The largest absolute Gasteiger partial charge is 0.491 e. The first kappa shape index (κ1) is 24.0. The highest BCUT2D eigenvalue weighted by atomic mass is 32.1. The van der Waals surface area contributed by atoms with Gasteiger partial charge < -0.3 is 14.5 Å². The number of nitrogens with zero attached hydrogens (tertiary/aromatic N) is 2. The summed E-state index contributed by atoms with van der Waals surface area (Å²) >= 11 is 1.70. The van der Waals surface area contributed by atoms with Gasteiger partial charge in [-0.15, -0.1) is 11.3 Å². The van der Waals surface area contributed by atoms with E-state index < -0.39 is 5.82 Å². The van der Waals surface area contributed by atoms with Crippen LogP contribution in [0.2, 0.25) is 0 Å². The molecule has 178 valence electrons. The Labute approximate surface area is 203 Å². The summed E-state index contributed by atoms with van der Waals surface area (Å²) in [6.07, 6.45) is 1.48. The van der Waals surface area contributed by atoms with Crippen molar-refractivity contribution in [2.45, 2.75) is 32.7 Å². The third-order valence-corrected chi connectivity index (χ3v) is 7.02. The van der Waals surface area contributed by atoms with Crippen LogP contribution in [0.15, 0.2) is 60.0 Å². The number of fused-ring (bicyclic) bond motifs is 1. The maximum absolute atomic E-state index is 13.7. The van der Waals surface area contributed by atoms with E-state index in [9.17, 15) is 14.0 Å². The summed E-state index contributed by atoms with van der Waals surface area (Å²) in [7, 11) is 0. The molecule has 0 radical (unpaired) electrons. The number of ether oxygens (including phenoxy) is 1. The fourth-order valence-electron chi connectivity index (χ4n) is 4.26. The maximum atomic E-state index is 13.7. The lowest BCUT2D eigenvalue weighted by atomic mass is 10.0. The first-order valence-corrected chi connectivity index (χ1v) is 12.4. The van der Waals surface area contributed by atoms with E-state index in [-0.39, 0.29) is 30.0 Å². The fraction of sp³-hybridized carbons (Fsp3) is 0.333. The lowest BCUT2D eigenvalue weighted by Crippen LogP contribution is -2.48. The van der Waals surface area contributed by atoms with Crippen molar-refractivity contribution in [2.75, 3.05) is 26.2 Å². The molecular weight excluding hydrogens is 451 g/mol. The molecule has 3 aromatic rings. The molecule has 0 saturated carbocycles.